The molecule has 8 nitrogen and oxygen atoms in total. The lowest BCUT2D eigenvalue weighted by Gasteiger charge is -2.12. The smallest absolute Gasteiger partial charge is 0.271 e. The van der Waals surface area contributed by atoms with E-state index in [-0.39, 0.29) is 28.6 Å². The van der Waals surface area contributed by atoms with Crippen LogP contribution in [0.25, 0.3) is 6.08 Å². The van der Waals surface area contributed by atoms with Crippen LogP contribution in [0.15, 0.2) is 54.6 Å². The third-order valence-corrected chi connectivity index (χ3v) is 3.87. The average molecular weight is 414 g/mol. The van der Waals surface area contributed by atoms with Crippen molar-refractivity contribution in [3.63, 3.8) is 0 Å². The molecule has 1 amide bonds. The van der Waals surface area contributed by atoms with Crippen LogP contribution in [0.3, 0.4) is 0 Å². The largest absolute Gasteiger partial charge is 0.493 e. The predicted octanol–water partition coefficient (Wildman–Crippen LogP) is 4.37. The Morgan fingerprint density at radius 3 is 2.79 bits per heavy atom. The number of carbonyl (C=O) groups excluding carboxylic acids is 1. The topological polar surface area (TPSA) is 114 Å². The van der Waals surface area contributed by atoms with E-state index < -0.39 is 10.8 Å². The zero-order valence-electron chi connectivity index (χ0n) is 15.3. The van der Waals surface area contributed by atoms with Gasteiger partial charge in [0.25, 0.3) is 11.6 Å². The van der Waals surface area contributed by atoms with Crippen molar-refractivity contribution in [1.82, 2.24) is 0 Å². The van der Waals surface area contributed by atoms with Crippen molar-refractivity contribution in [3.05, 3.63) is 75.3 Å². The lowest BCUT2D eigenvalue weighted by atomic mass is 10.1. The lowest BCUT2D eigenvalue weighted by molar-refractivity contribution is -0.384. The fraction of sp³-hybridized carbons (Fsp3) is 0.100. The molecule has 0 spiro atoms. The highest BCUT2D eigenvalue weighted by atomic mass is 35.5. The second-order valence-electron chi connectivity index (χ2n) is 5.57. The number of carbonyl (C=O) groups is 1. The number of hydrogen-bond donors (Lipinski definition) is 1. The number of nitro benzene ring substituents is 1. The Morgan fingerprint density at radius 1 is 1.41 bits per heavy atom. The van der Waals surface area contributed by atoms with Crippen LogP contribution < -0.4 is 14.8 Å². The summed E-state index contributed by atoms with van der Waals surface area (Å²) in [6.45, 7) is 3.78. The first-order chi connectivity index (χ1) is 13.9. The normalized spacial score (nSPS) is 10.6. The van der Waals surface area contributed by atoms with Gasteiger partial charge in [0.1, 0.15) is 18.2 Å². The van der Waals surface area contributed by atoms with Crippen LogP contribution in [0, 0.1) is 21.4 Å². The summed E-state index contributed by atoms with van der Waals surface area (Å²) >= 11 is 6.22. The lowest BCUT2D eigenvalue weighted by Crippen LogP contribution is -2.13. The molecule has 0 fully saturated rings. The molecule has 0 unspecified atom stereocenters. The number of anilines is 1. The molecule has 2 rings (SSSR count). The molecule has 9 heteroatoms. The van der Waals surface area contributed by atoms with E-state index in [0.29, 0.717) is 17.1 Å². The Labute approximate surface area is 171 Å². The first-order valence-corrected chi connectivity index (χ1v) is 8.56. The molecule has 2 aromatic rings. The Balaban J connectivity index is 2.31. The second kappa shape index (κ2) is 9.92. The molecule has 0 saturated heterocycles. The Morgan fingerprint density at radius 2 is 2.17 bits per heavy atom. The van der Waals surface area contributed by atoms with Gasteiger partial charge in [0.05, 0.1) is 17.1 Å². The number of nitriles is 1. The maximum absolute atomic E-state index is 12.4. The molecule has 1 N–H and O–H groups in total. The standard InChI is InChI=1S/C20H16ClN3O5/c1-3-7-29-19-17(21)9-13(10-18(19)28-2)8-14(12-22)20(25)23-15-5-4-6-16(11-15)24(26)27/h3-6,8-11H,1,7H2,2H3,(H,23,25)/b14-8+. The first kappa shape index (κ1) is 21.5. The van der Waals surface area contributed by atoms with Crippen LogP contribution in [-0.2, 0) is 4.79 Å². The zero-order valence-corrected chi connectivity index (χ0v) is 16.1. The third-order valence-electron chi connectivity index (χ3n) is 3.59. The van der Waals surface area contributed by atoms with Crippen molar-refractivity contribution in [2.24, 2.45) is 0 Å². The zero-order chi connectivity index (χ0) is 21.4. The number of nitro groups is 1. The molecule has 0 aliphatic carbocycles. The van der Waals surface area contributed by atoms with E-state index in [1.165, 1.54) is 43.5 Å². The van der Waals surface area contributed by atoms with Crippen molar-refractivity contribution in [2.75, 3.05) is 19.0 Å². The third kappa shape index (κ3) is 5.57. The predicted molar refractivity (Wildman–Crippen MR) is 109 cm³/mol. The number of hydrogen-bond acceptors (Lipinski definition) is 6. The van der Waals surface area contributed by atoms with E-state index in [4.69, 9.17) is 21.1 Å². The number of benzene rings is 2. The minimum absolute atomic E-state index is 0.183. The SMILES string of the molecule is C=CCOc1c(Cl)cc(/C=C(\C#N)C(=O)Nc2cccc([N+](=O)[O-])c2)cc1OC. The minimum atomic E-state index is -0.727. The monoisotopic (exact) mass is 413 g/mol. The summed E-state index contributed by atoms with van der Waals surface area (Å²) in [5.74, 6) is -0.0946. The van der Waals surface area contributed by atoms with Crippen LogP contribution in [0.5, 0.6) is 11.5 Å². The van der Waals surface area contributed by atoms with Gasteiger partial charge >= 0.3 is 0 Å². The van der Waals surface area contributed by atoms with Gasteiger partial charge in [-0.25, -0.2) is 0 Å². The van der Waals surface area contributed by atoms with Gasteiger partial charge in [-0.05, 0) is 29.8 Å². The number of nitrogens with one attached hydrogen (secondary N) is 1. The highest BCUT2D eigenvalue weighted by Gasteiger charge is 2.15. The van der Waals surface area contributed by atoms with Crippen molar-refractivity contribution in [1.29, 1.82) is 5.26 Å². The van der Waals surface area contributed by atoms with Crippen molar-refractivity contribution in [2.45, 2.75) is 0 Å². The maximum Gasteiger partial charge on any atom is 0.271 e. The van der Waals surface area contributed by atoms with Gasteiger partial charge in [-0.1, -0.05) is 30.3 Å². The molecule has 0 bridgehead atoms. The summed E-state index contributed by atoms with van der Waals surface area (Å²) in [5, 5.41) is 22.9. The molecule has 148 valence electrons. The summed E-state index contributed by atoms with van der Waals surface area (Å²) in [5.41, 5.74) is 0.212. The van der Waals surface area contributed by atoms with Gasteiger partial charge in [0.2, 0.25) is 0 Å². The van der Waals surface area contributed by atoms with Crippen molar-refractivity contribution >= 4 is 35.0 Å². The van der Waals surface area contributed by atoms with Crippen LogP contribution >= 0.6 is 11.6 Å². The fourth-order valence-corrected chi connectivity index (χ4v) is 2.59. The number of amides is 1. The highest BCUT2D eigenvalue weighted by Crippen LogP contribution is 2.37. The molecule has 0 aliphatic rings. The molecule has 0 atom stereocenters. The molecule has 0 saturated carbocycles. The number of rotatable bonds is 8. The summed E-state index contributed by atoms with van der Waals surface area (Å²) in [4.78, 5) is 22.7. The number of methoxy groups -OCH3 is 1. The number of halogens is 1. The van der Waals surface area contributed by atoms with Crippen LogP contribution in [0.1, 0.15) is 5.56 Å². The molecule has 0 radical (unpaired) electrons. The molecule has 2 aromatic carbocycles. The average Bonchev–Trinajstić information content (AvgIpc) is 2.70. The molecule has 0 aliphatic heterocycles. The van der Waals surface area contributed by atoms with Gasteiger partial charge in [0.15, 0.2) is 11.5 Å². The van der Waals surface area contributed by atoms with Gasteiger partial charge in [-0.15, -0.1) is 0 Å². The summed E-state index contributed by atoms with van der Waals surface area (Å²) in [7, 11) is 1.43. The number of nitrogens with zero attached hydrogens (tertiary/aromatic N) is 2. The number of non-ortho nitro benzene ring substituents is 1. The molecular formula is C20H16ClN3O5. The molecule has 0 heterocycles. The molecule has 0 aromatic heterocycles. The van der Waals surface area contributed by atoms with E-state index in [1.807, 2.05) is 0 Å². The molecular weight excluding hydrogens is 398 g/mol. The molecule has 29 heavy (non-hydrogen) atoms. The summed E-state index contributed by atoms with van der Waals surface area (Å²) in [6, 6.07) is 10.3. The quantitative estimate of drug-likeness (QED) is 0.226. The van der Waals surface area contributed by atoms with E-state index >= 15 is 0 Å². The second-order valence-corrected chi connectivity index (χ2v) is 5.97. The van der Waals surface area contributed by atoms with Crippen LogP contribution in [-0.4, -0.2) is 24.5 Å². The van der Waals surface area contributed by atoms with Gasteiger partial charge < -0.3 is 14.8 Å². The van der Waals surface area contributed by atoms with Gasteiger partial charge in [-0.3, -0.25) is 14.9 Å². The van der Waals surface area contributed by atoms with Crippen LogP contribution in [0.4, 0.5) is 11.4 Å². The van der Waals surface area contributed by atoms with Gasteiger partial charge in [-0.2, -0.15) is 5.26 Å². The Bertz CT molecular complexity index is 1030. The van der Waals surface area contributed by atoms with Crippen molar-refractivity contribution < 1.29 is 19.2 Å². The summed E-state index contributed by atoms with van der Waals surface area (Å²) in [6.07, 6.45) is 2.87. The van der Waals surface area contributed by atoms with E-state index in [9.17, 15) is 20.2 Å². The van der Waals surface area contributed by atoms with E-state index in [2.05, 4.69) is 11.9 Å². The highest BCUT2D eigenvalue weighted by molar-refractivity contribution is 6.32. The summed E-state index contributed by atoms with van der Waals surface area (Å²) < 4.78 is 10.7. The number of ether oxygens (including phenoxy) is 2. The van der Waals surface area contributed by atoms with Crippen LogP contribution in [0.2, 0.25) is 5.02 Å². The fourth-order valence-electron chi connectivity index (χ4n) is 2.32. The Hall–Kier alpha value is -3.83. The first-order valence-electron chi connectivity index (χ1n) is 8.18. The maximum atomic E-state index is 12.4. The van der Waals surface area contributed by atoms with Crippen molar-refractivity contribution in [3.8, 4) is 17.6 Å². The van der Waals surface area contributed by atoms with Gasteiger partial charge in [0, 0.05) is 17.8 Å². The van der Waals surface area contributed by atoms with E-state index in [0.717, 1.165) is 0 Å². The minimum Gasteiger partial charge on any atom is -0.493 e. The van der Waals surface area contributed by atoms with E-state index in [1.54, 1.807) is 18.2 Å². The Kier molecular flexibility index (Phi) is 7.34.